The van der Waals surface area contributed by atoms with E-state index in [2.05, 4.69) is 29.5 Å². The largest absolute Gasteiger partial charge is 0.361 e. The Hall–Kier alpha value is -0.710. The molecule has 1 saturated heterocycles. The highest BCUT2D eigenvalue weighted by Gasteiger charge is 2.20. The molecule has 5 heteroatoms. The average Bonchev–Trinajstić information content (AvgIpc) is 2.63. The number of amides is 1. The molecule has 1 fully saturated rings. The molecule has 1 aliphatic rings. The average molecular weight is 271 g/mol. The van der Waals surface area contributed by atoms with Gasteiger partial charge in [-0.2, -0.15) is 0 Å². The van der Waals surface area contributed by atoms with Gasteiger partial charge in [-0.3, -0.25) is 9.79 Å². The number of carbonyl (C=O) groups excluding carboxylic acids is 1. The molecule has 0 aliphatic carbocycles. The Kier molecular flexibility index (Phi) is 6.54. The fourth-order valence-corrected chi connectivity index (χ4v) is 2.89. The minimum atomic E-state index is 0.0797. The van der Waals surface area contributed by atoms with Crippen molar-refractivity contribution in [2.45, 2.75) is 52.6 Å². The minimum Gasteiger partial charge on any atom is -0.361 e. The van der Waals surface area contributed by atoms with Crippen molar-refractivity contribution in [1.82, 2.24) is 10.6 Å². The number of hydrogen-bond acceptors (Lipinski definition) is 3. The lowest BCUT2D eigenvalue weighted by atomic mass is 10.1. The van der Waals surface area contributed by atoms with Crippen LogP contribution in [-0.2, 0) is 4.79 Å². The van der Waals surface area contributed by atoms with Crippen molar-refractivity contribution >= 4 is 22.8 Å². The summed E-state index contributed by atoms with van der Waals surface area (Å²) in [6, 6.07) is 0.748. The van der Waals surface area contributed by atoms with Crippen molar-refractivity contribution in [3.05, 3.63) is 0 Å². The van der Waals surface area contributed by atoms with Crippen LogP contribution in [0.1, 0.15) is 40.5 Å². The van der Waals surface area contributed by atoms with Gasteiger partial charge < -0.3 is 10.6 Å². The third-order valence-corrected chi connectivity index (χ3v) is 3.64. The van der Waals surface area contributed by atoms with Crippen LogP contribution in [0.2, 0.25) is 0 Å². The molecule has 1 heterocycles. The Balaban J connectivity index is 2.22. The molecule has 1 atom stereocenters. The first-order valence-corrected chi connectivity index (χ1v) is 7.69. The Morgan fingerprint density at radius 3 is 2.83 bits per heavy atom. The van der Waals surface area contributed by atoms with Crippen LogP contribution in [0, 0.1) is 5.92 Å². The van der Waals surface area contributed by atoms with Crippen molar-refractivity contribution in [1.29, 1.82) is 0 Å². The van der Waals surface area contributed by atoms with Gasteiger partial charge in [0, 0.05) is 24.3 Å². The van der Waals surface area contributed by atoms with Gasteiger partial charge in [-0.05, 0) is 26.2 Å². The number of nitrogens with zero attached hydrogens (tertiary/aromatic N) is 1. The molecule has 18 heavy (non-hydrogen) atoms. The van der Waals surface area contributed by atoms with Gasteiger partial charge in [0.15, 0.2) is 5.17 Å². The molecular formula is C13H25N3OS. The smallest absolute Gasteiger partial charge is 0.222 e. The highest BCUT2D eigenvalue weighted by Crippen LogP contribution is 2.18. The first-order chi connectivity index (χ1) is 8.47. The Bertz CT molecular complexity index is 303. The predicted molar refractivity (Wildman–Crippen MR) is 79.0 cm³/mol. The molecule has 0 spiro atoms. The Labute approximate surface area is 114 Å². The number of aliphatic imine (C=N–C) groups is 1. The lowest BCUT2D eigenvalue weighted by Gasteiger charge is -2.11. The zero-order valence-electron chi connectivity index (χ0n) is 11.8. The fraction of sp³-hybridized carbons (Fsp3) is 0.846. The number of hydrogen-bond donors (Lipinski definition) is 2. The van der Waals surface area contributed by atoms with Gasteiger partial charge in [0.1, 0.15) is 0 Å². The molecule has 2 N–H and O–H groups in total. The van der Waals surface area contributed by atoms with E-state index >= 15 is 0 Å². The van der Waals surface area contributed by atoms with Crippen LogP contribution in [-0.4, -0.2) is 35.5 Å². The van der Waals surface area contributed by atoms with Crippen LogP contribution in [0.4, 0.5) is 0 Å². The van der Waals surface area contributed by atoms with E-state index in [9.17, 15) is 4.79 Å². The zero-order chi connectivity index (χ0) is 13.5. The topological polar surface area (TPSA) is 53.5 Å². The van der Waals surface area contributed by atoms with Crippen LogP contribution < -0.4 is 10.6 Å². The second-order valence-corrected chi connectivity index (χ2v) is 6.45. The summed E-state index contributed by atoms with van der Waals surface area (Å²) in [7, 11) is 0. The van der Waals surface area contributed by atoms with Gasteiger partial charge in [-0.25, -0.2) is 0 Å². The molecule has 1 aliphatic heterocycles. The van der Waals surface area contributed by atoms with Crippen molar-refractivity contribution in [2.24, 2.45) is 10.9 Å². The molecule has 1 unspecified atom stereocenters. The molecule has 0 bridgehead atoms. The van der Waals surface area contributed by atoms with E-state index in [0.29, 0.717) is 24.9 Å². The standard InChI is InChI=1S/C13H25N3OS/c1-9(2)7-11-8-18-13(16-11)14-6-5-12(17)15-10(3)4/h9-11H,5-8H2,1-4H3,(H,14,16)(H,15,17). The van der Waals surface area contributed by atoms with Crippen LogP contribution in [0.5, 0.6) is 0 Å². The van der Waals surface area contributed by atoms with Crippen LogP contribution in [0.3, 0.4) is 0 Å². The van der Waals surface area contributed by atoms with Crippen LogP contribution >= 0.6 is 11.8 Å². The van der Waals surface area contributed by atoms with E-state index in [1.165, 1.54) is 6.42 Å². The molecule has 0 saturated carbocycles. The summed E-state index contributed by atoms with van der Waals surface area (Å²) in [6.45, 7) is 8.97. The first-order valence-electron chi connectivity index (χ1n) is 6.70. The highest BCUT2D eigenvalue weighted by atomic mass is 32.2. The monoisotopic (exact) mass is 271 g/mol. The summed E-state index contributed by atoms with van der Waals surface area (Å²) >= 11 is 1.77. The maximum atomic E-state index is 11.4. The summed E-state index contributed by atoms with van der Waals surface area (Å²) in [5.74, 6) is 1.88. The molecule has 0 radical (unpaired) electrons. The number of carbonyl (C=O) groups is 1. The summed E-state index contributed by atoms with van der Waals surface area (Å²) in [5.41, 5.74) is 0. The molecule has 4 nitrogen and oxygen atoms in total. The number of thioether (sulfide) groups is 1. The minimum absolute atomic E-state index is 0.0797. The number of rotatable bonds is 6. The second kappa shape index (κ2) is 7.67. The molecular weight excluding hydrogens is 246 g/mol. The first kappa shape index (κ1) is 15.3. The molecule has 104 valence electrons. The van der Waals surface area contributed by atoms with Gasteiger partial charge in [0.2, 0.25) is 5.91 Å². The summed E-state index contributed by atoms with van der Waals surface area (Å²) in [4.78, 5) is 15.9. The van der Waals surface area contributed by atoms with E-state index in [1.807, 2.05) is 13.8 Å². The molecule has 0 aromatic rings. The molecule has 1 amide bonds. The van der Waals surface area contributed by atoms with Gasteiger partial charge in [0.05, 0.1) is 6.54 Å². The van der Waals surface area contributed by atoms with Crippen LogP contribution in [0.25, 0.3) is 0 Å². The molecule has 0 aromatic carbocycles. The summed E-state index contributed by atoms with van der Waals surface area (Å²) < 4.78 is 0. The van der Waals surface area contributed by atoms with Crippen molar-refractivity contribution in [3.63, 3.8) is 0 Å². The van der Waals surface area contributed by atoms with Gasteiger partial charge in [-0.1, -0.05) is 25.6 Å². The van der Waals surface area contributed by atoms with Crippen molar-refractivity contribution in [3.8, 4) is 0 Å². The number of amidine groups is 1. The second-order valence-electron chi connectivity index (χ2n) is 5.44. The summed E-state index contributed by atoms with van der Waals surface area (Å²) in [6.07, 6.45) is 1.65. The summed E-state index contributed by atoms with van der Waals surface area (Å²) in [5, 5.41) is 7.28. The van der Waals surface area contributed by atoms with Gasteiger partial charge in [0.25, 0.3) is 0 Å². The van der Waals surface area contributed by atoms with E-state index in [1.54, 1.807) is 11.8 Å². The predicted octanol–water partition coefficient (Wildman–Crippen LogP) is 2.01. The van der Waals surface area contributed by atoms with E-state index < -0.39 is 0 Å². The SMILES string of the molecule is CC(C)CC1CSC(=NCCC(=O)NC(C)C)N1. The third kappa shape index (κ3) is 6.28. The third-order valence-electron chi connectivity index (χ3n) is 2.55. The normalized spacial score (nSPS) is 21.7. The van der Waals surface area contributed by atoms with Gasteiger partial charge in [-0.15, -0.1) is 0 Å². The van der Waals surface area contributed by atoms with Gasteiger partial charge >= 0.3 is 0 Å². The Morgan fingerprint density at radius 1 is 1.50 bits per heavy atom. The number of nitrogens with one attached hydrogen (secondary N) is 2. The fourth-order valence-electron chi connectivity index (χ4n) is 1.88. The quantitative estimate of drug-likeness (QED) is 0.777. The highest BCUT2D eigenvalue weighted by molar-refractivity contribution is 8.14. The van der Waals surface area contributed by atoms with Crippen LogP contribution in [0.15, 0.2) is 4.99 Å². The molecule has 0 aromatic heterocycles. The lowest BCUT2D eigenvalue weighted by Crippen LogP contribution is -2.31. The molecule has 1 rings (SSSR count). The Morgan fingerprint density at radius 2 is 2.22 bits per heavy atom. The maximum absolute atomic E-state index is 11.4. The lowest BCUT2D eigenvalue weighted by molar-refractivity contribution is -0.121. The van der Waals surface area contributed by atoms with Crippen molar-refractivity contribution in [2.75, 3.05) is 12.3 Å². The maximum Gasteiger partial charge on any atom is 0.222 e. The van der Waals surface area contributed by atoms with Crippen molar-refractivity contribution < 1.29 is 4.79 Å². The van der Waals surface area contributed by atoms with E-state index in [0.717, 1.165) is 10.9 Å². The van der Waals surface area contributed by atoms with E-state index in [4.69, 9.17) is 0 Å². The van der Waals surface area contributed by atoms with E-state index in [-0.39, 0.29) is 11.9 Å². The zero-order valence-corrected chi connectivity index (χ0v) is 12.6.